The highest BCUT2D eigenvalue weighted by Crippen LogP contribution is 2.00. The molecule has 0 saturated carbocycles. The quantitative estimate of drug-likeness (QED) is 0.606. The maximum absolute atomic E-state index is 4.76. The molecule has 1 aromatic carbocycles. The molecular weight excluding hydrogens is 140 g/mol. The van der Waals surface area contributed by atoms with Crippen molar-refractivity contribution in [1.82, 2.24) is 0 Å². The van der Waals surface area contributed by atoms with Crippen LogP contribution in [0, 0.1) is 0 Å². The zero-order valence-electron chi connectivity index (χ0n) is 5.66. The summed E-state index contributed by atoms with van der Waals surface area (Å²) in [4.78, 5) is 0. The van der Waals surface area contributed by atoms with Crippen LogP contribution < -0.4 is 0 Å². The highest BCUT2D eigenvalue weighted by molar-refractivity contribution is 7.80. The van der Waals surface area contributed by atoms with E-state index in [2.05, 4.69) is 12.1 Å². The van der Waals surface area contributed by atoms with E-state index in [1.807, 2.05) is 30.4 Å². The van der Waals surface area contributed by atoms with Gasteiger partial charge in [0.15, 0.2) is 0 Å². The largest absolute Gasteiger partial charge is 0.0897 e. The van der Waals surface area contributed by atoms with Gasteiger partial charge in [-0.15, -0.1) is 0 Å². The molecule has 1 rings (SSSR count). The molecule has 0 aliphatic carbocycles. The minimum absolute atomic E-state index is 0.689. The minimum Gasteiger partial charge on any atom is -0.0897 e. The van der Waals surface area contributed by atoms with Gasteiger partial charge < -0.3 is 0 Å². The smallest absolute Gasteiger partial charge is 0.0221 e. The second-order valence-corrected chi connectivity index (χ2v) is 2.31. The Morgan fingerprint density at radius 2 is 1.90 bits per heavy atom. The van der Waals surface area contributed by atoms with E-state index in [1.54, 1.807) is 0 Å². The second-order valence-electron chi connectivity index (χ2n) is 1.98. The van der Waals surface area contributed by atoms with E-state index in [0.29, 0.717) is 5.75 Å². The first-order chi connectivity index (χ1) is 4.93. The fourth-order valence-corrected chi connectivity index (χ4v) is 0.845. The molecule has 0 atom stereocenters. The summed E-state index contributed by atoms with van der Waals surface area (Å²) in [6.45, 7) is 0. The molecule has 0 heterocycles. The lowest BCUT2D eigenvalue weighted by atomic mass is 10.2. The van der Waals surface area contributed by atoms with Gasteiger partial charge in [-0.05, 0) is 5.56 Å². The van der Waals surface area contributed by atoms with Gasteiger partial charge in [-0.3, -0.25) is 0 Å². The summed E-state index contributed by atoms with van der Waals surface area (Å²) >= 11 is 4.76. The van der Waals surface area contributed by atoms with Crippen molar-refractivity contribution in [3.63, 3.8) is 0 Å². The Hall–Kier alpha value is -0.690. The van der Waals surface area contributed by atoms with Crippen molar-refractivity contribution in [3.05, 3.63) is 42.0 Å². The number of benzene rings is 1. The molecule has 0 unspecified atom stereocenters. The molecule has 1 heteroatoms. The van der Waals surface area contributed by atoms with Gasteiger partial charge in [0.2, 0.25) is 0 Å². The predicted octanol–water partition coefficient (Wildman–Crippen LogP) is 2.90. The monoisotopic (exact) mass is 149 g/mol. The van der Waals surface area contributed by atoms with Gasteiger partial charge in [-0.2, -0.15) is 0 Å². The van der Waals surface area contributed by atoms with Gasteiger partial charge in [0, 0.05) is 5.75 Å². The van der Waals surface area contributed by atoms with Crippen molar-refractivity contribution in [1.29, 1.82) is 0 Å². The normalized spacial score (nSPS) is 10.5. The Morgan fingerprint density at radius 1 is 1.20 bits per heavy atom. The SMILES string of the molecule is [S]C/C=C/c1ccccc1. The number of hydrogen-bond acceptors (Lipinski definition) is 0. The molecule has 0 aliphatic rings. The molecule has 51 valence electrons. The van der Waals surface area contributed by atoms with Gasteiger partial charge in [0.25, 0.3) is 0 Å². The maximum atomic E-state index is 4.76. The number of hydrogen-bond donors (Lipinski definition) is 0. The lowest BCUT2D eigenvalue weighted by Crippen LogP contribution is -1.68. The average Bonchev–Trinajstić information content (AvgIpc) is 2.03. The van der Waals surface area contributed by atoms with Crippen molar-refractivity contribution in [2.24, 2.45) is 0 Å². The summed E-state index contributed by atoms with van der Waals surface area (Å²) in [6, 6.07) is 10.2. The van der Waals surface area contributed by atoms with E-state index < -0.39 is 0 Å². The first-order valence-corrected chi connectivity index (χ1v) is 3.81. The lowest BCUT2D eigenvalue weighted by molar-refractivity contribution is 1.65. The van der Waals surface area contributed by atoms with Crippen LogP contribution in [0.25, 0.3) is 6.08 Å². The Labute approximate surface area is 67.0 Å². The van der Waals surface area contributed by atoms with Crippen molar-refractivity contribution >= 4 is 18.7 Å². The molecular formula is C9H9S. The fraction of sp³-hybridized carbons (Fsp3) is 0.111. The van der Waals surface area contributed by atoms with Crippen LogP contribution in [-0.4, -0.2) is 5.75 Å². The number of rotatable bonds is 2. The molecule has 0 fully saturated rings. The van der Waals surface area contributed by atoms with Crippen LogP contribution in [0.5, 0.6) is 0 Å². The summed E-state index contributed by atoms with van der Waals surface area (Å²) in [7, 11) is 0. The van der Waals surface area contributed by atoms with Crippen LogP contribution in [0.2, 0.25) is 0 Å². The van der Waals surface area contributed by atoms with E-state index in [0.717, 1.165) is 0 Å². The molecule has 0 N–H and O–H groups in total. The molecule has 0 aliphatic heterocycles. The molecule has 0 nitrogen and oxygen atoms in total. The highest BCUT2D eigenvalue weighted by Gasteiger charge is 1.79. The van der Waals surface area contributed by atoms with E-state index in [9.17, 15) is 0 Å². The highest BCUT2D eigenvalue weighted by atomic mass is 32.1. The Balaban J connectivity index is 2.67. The standard InChI is InChI=1S/C9H9S/c10-8-4-7-9-5-2-1-3-6-9/h1-7H,8H2/b7-4+. The minimum atomic E-state index is 0.689. The molecule has 0 saturated heterocycles. The summed E-state index contributed by atoms with van der Waals surface area (Å²) < 4.78 is 0. The molecule has 0 spiro atoms. The van der Waals surface area contributed by atoms with Gasteiger partial charge in [0.1, 0.15) is 0 Å². The van der Waals surface area contributed by atoms with Crippen LogP contribution in [0.15, 0.2) is 36.4 Å². The van der Waals surface area contributed by atoms with Crippen molar-refractivity contribution in [2.45, 2.75) is 0 Å². The van der Waals surface area contributed by atoms with Crippen LogP contribution in [0.1, 0.15) is 5.56 Å². The van der Waals surface area contributed by atoms with E-state index in [1.165, 1.54) is 5.56 Å². The lowest BCUT2D eigenvalue weighted by Gasteiger charge is -1.88. The van der Waals surface area contributed by atoms with Crippen LogP contribution in [-0.2, 0) is 0 Å². The van der Waals surface area contributed by atoms with Gasteiger partial charge >= 0.3 is 0 Å². The zero-order valence-corrected chi connectivity index (χ0v) is 6.47. The van der Waals surface area contributed by atoms with Crippen molar-refractivity contribution in [2.75, 3.05) is 5.75 Å². The van der Waals surface area contributed by atoms with Gasteiger partial charge in [-0.25, -0.2) is 0 Å². The summed E-state index contributed by atoms with van der Waals surface area (Å²) in [5.41, 5.74) is 1.22. The molecule has 0 aromatic heterocycles. The van der Waals surface area contributed by atoms with Gasteiger partial charge in [0.05, 0.1) is 0 Å². The van der Waals surface area contributed by atoms with Crippen molar-refractivity contribution < 1.29 is 0 Å². The zero-order chi connectivity index (χ0) is 7.23. The molecule has 0 bridgehead atoms. The Bertz CT molecular complexity index is 201. The van der Waals surface area contributed by atoms with Crippen LogP contribution in [0.4, 0.5) is 0 Å². The Morgan fingerprint density at radius 3 is 2.50 bits per heavy atom. The van der Waals surface area contributed by atoms with E-state index >= 15 is 0 Å². The first kappa shape index (κ1) is 7.42. The van der Waals surface area contributed by atoms with Crippen LogP contribution >= 0.6 is 12.6 Å². The molecule has 1 radical (unpaired) electrons. The topological polar surface area (TPSA) is 0 Å². The summed E-state index contributed by atoms with van der Waals surface area (Å²) in [5, 5.41) is 0. The fourth-order valence-electron chi connectivity index (χ4n) is 0.748. The summed E-state index contributed by atoms with van der Waals surface area (Å²) in [5.74, 6) is 0.689. The first-order valence-electron chi connectivity index (χ1n) is 3.23. The predicted molar refractivity (Wildman–Crippen MR) is 47.9 cm³/mol. The maximum Gasteiger partial charge on any atom is 0.0221 e. The van der Waals surface area contributed by atoms with Gasteiger partial charge in [-0.1, -0.05) is 55.1 Å². The molecule has 1 aromatic rings. The Kier molecular flexibility index (Phi) is 3.10. The van der Waals surface area contributed by atoms with Crippen molar-refractivity contribution in [3.8, 4) is 0 Å². The molecule has 0 amide bonds. The third kappa shape index (κ3) is 2.28. The van der Waals surface area contributed by atoms with E-state index in [4.69, 9.17) is 12.6 Å². The average molecular weight is 149 g/mol. The third-order valence-corrected chi connectivity index (χ3v) is 1.40. The molecule has 10 heavy (non-hydrogen) atoms. The second kappa shape index (κ2) is 4.18. The van der Waals surface area contributed by atoms with Crippen LogP contribution in [0.3, 0.4) is 0 Å². The van der Waals surface area contributed by atoms with E-state index in [-0.39, 0.29) is 0 Å². The third-order valence-electron chi connectivity index (χ3n) is 1.21. The summed E-state index contributed by atoms with van der Waals surface area (Å²) in [6.07, 6.45) is 4.01.